The van der Waals surface area contributed by atoms with E-state index in [0.717, 1.165) is 25.7 Å². The lowest BCUT2D eigenvalue weighted by molar-refractivity contribution is -0.153. The van der Waals surface area contributed by atoms with Gasteiger partial charge < -0.3 is 4.74 Å². The molecule has 3 nitrogen and oxygen atoms in total. The zero-order valence-corrected chi connectivity index (χ0v) is 12.0. The number of carbonyl (C=O) groups is 2. The van der Waals surface area contributed by atoms with Crippen molar-refractivity contribution in [1.82, 2.24) is 0 Å². The van der Waals surface area contributed by atoms with Crippen LogP contribution < -0.4 is 0 Å². The lowest BCUT2D eigenvalue weighted by Crippen LogP contribution is -2.06. The van der Waals surface area contributed by atoms with Gasteiger partial charge in [-0.2, -0.15) is 0 Å². The molecule has 1 heterocycles. The molecule has 108 valence electrons. The minimum absolute atomic E-state index is 0.165. The van der Waals surface area contributed by atoms with Crippen molar-refractivity contribution in [2.24, 2.45) is 5.92 Å². The first kappa shape index (κ1) is 15.9. The van der Waals surface area contributed by atoms with Gasteiger partial charge in [-0.05, 0) is 25.7 Å². The highest BCUT2D eigenvalue weighted by Crippen LogP contribution is 2.22. The third-order valence-electron chi connectivity index (χ3n) is 3.53. The quantitative estimate of drug-likeness (QED) is 0.258. The van der Waals surface area contributed by atoms with Crippen molar-refractivity contribution in [1.29, 1.82) is 0 Å². The second-order valence-corrected chi connectivity index (χ2v) is 5.30. The van der Waals surface area contributed by atoms with Crippen LogP contribution in [-0.2, 0) is 14.3 Å². The van der Waals surface area contributed by atoms with Crippen molar-refractivity contribution in [3.05, 3.63) is 12.2 Å². The van der Waals surface area contributed by atoms with Crippen molar-refractivity contribution in [2.45, 2.75) is 71.1 Å². The average molecular weight is 266 g/mol. The largest absolute Gasteiger partial charge is 0.393 e. The Morgan fingerprint density at radius 2 is 1.74 bits per heavy atom. The number of allylic oxidation sites excluding steroid dienone is 2. The Bertz CT molecular complexity index is 307. The molecule has 0 saturated carbocycles. The smallest absolute Gasteiger partial charge is 0.317 e. The molecule has 0 spiro atoms. The van der Waals surface area contributed by atoms with Gasteiger partial charge in [0, 0.05) is 0 Å². The van der Waals surface area contributed by atoms with Gasteiger partial charge in [-0.1, -0.05) is 51.2 Å². The third-order valence-corrected chi connectivity index (χ3v) is 3.53. The van der Waals surface area contributed by atoms with Crippen LogP contribution in [0.15, 0.2) is 12.2 Å². The van der Waals surface area contributed by atoms with E-state index in [1.54, 1.807) is 0 Å². The van der Waals surface area contributed by atoms with Crippen LogP contribution in [0.3, 0.4) is 0 Å². The molecule has 1 fully saturated rings. The Kier molecular flexibility index (Phi) is 8.19. The van der Waals surface area contributed by atoms with E-state index in [0.29, 0.717) is 6.42 Å². The molecule has 0 amide bonds. The van der Waals surface area contributed by atoms with E-state index in [9.17, 15) is 9.59 Å². The predicted molar refractivity (Wildman–Crippen MR) is 75.6 cm³/mol. The average Bonchev–Trinajstić information content (AvgIpc) is 2.70. The summed E-state index contributed by atoms with van der Waals surface area (Å²) in [6.45, 7) is 2.21. The molecule has 1 aliphatic heterocycles. The van der Waals surface area contributed by atoms with Gasteiger partial charge in [0.25, 0.3) is 0 Å². The maximum Gasteiger partial charge on any atom is 0.317 e. The molecule has 0 aliphatic carbocycles. The number of hydrogen-bond donors (Lipinski definition) is 0. The van der Waals surface area contributed by atoms with Crippen LogP contribution in [0.2, 0.25) is 0 Å². The Balaban J connectivity index is 1.90. The summed E-state index contributed by atoms with van der Waals surface area (Å²) in [6.07, 6.45) is 15.1. The maximum atomic E-state index is 11.2. The van der Waals surface area contributed by atoms with E-state index in [4.69, 9.17) is 0 Å². The number of cyclic esters (lactones) is 2. The van der Waals surface area contributed by atoms with Crippen LogP contribution in [0.4, 0.5) is 0 Å². The van der Waals surface area contributed by atoms with Gasteiger partial charge in [-0.25, -0.2) is 0 Å². The minimum Gasteiger partial charge on any atom is -0.393 e. The van der Waals surface area contributed by atoms with Crippen LogP contribution in [-0.4, -0.2) is 11.9 Å². The summed E-state index contributed by atoms with van der Waals surface area (Å²) >= 11 is 0. The third kappa shape index (κ3) is 7.14. The molecule has 0 N–H and O–H groups in total. The summed E-state index contributed by atoms with van der Waals surface area (Å²) in [5.41, 5.74) is 0. The highest BCUT2D eigenvalue weighted by atomic mass is 16.6. The standard InChI is InChI=1S/C16H26O3/c1-2-3-4-5-6-7-8-9-10-11-12-14-13-15(17)19-16(14)18/h5-6,14H,2-4,7-13H2,1H3/b6-5+. The first-order valence-corrected chi connectivity index (χ1v) is 7.63. The fourth-order valence-corrected chi connectivity index (χ4v) is 2.31. The Hall–Kier alpha value is -1.12. The molecule has 1 unspecified atom stereocenters. The molecule has 0 aromatic carbocycles. The van der Waals surface area contributed by atoms with E-state index in [1.807, 2.05) is 0 Å². The zero-order chi connectivity index (χ0) is 13.9. The molecular formula is C16H26O3. The van der Waals surface area contributed by atoms with Gasteiger partial charge in [0.05, 0.1) is 12.3 Å². The summed E-state index contributed by atoms with van der Waals surface area (Å²) < 4.78 is 4.53. The molecule has 0 radical (unpaired) electrons. The first-order chi connectivity index (χ1) is 9.24. The normalized spacial score (nSPS) is 19.3. The maximum absolute atomic E-state index is 11.2. The molecule has 1 atom stereocenters. The Labute approximate surface area is 116 Å². The van der Waals surface area contributed by atoms with Gasteiger partial charge in [0.15, 0.2) is 0 Å². The van der Waals surface area contributed by atoms with Crippen LogP contribution >= 0.6 is 0 Å². The molecule has 19 heavy (non-hydrogen) atoms. The number of ether oxygens (including phenoxy) is 1. The van der Waals surface area contributed by atoms with E-state index in [-0.39, 0.29) is 17.9 Å². The summed E-state index contributed by atoms with van der Waals surface area (Å²) in [5.74, 6) is -0.836. The van der Waals surface area contributed by atoms with Crippen LogP contribution in [0.5, 0.6) is 0 Å². The number of carbonyl (C=O) groups excluding carboxylic acids is 2. The number of rotatable bonds is 10. The Morgan fingerprint density at radius 3 is 2.37 bits per heavy atom. The van der Waals surface area contributed by atoms with Crippen molar-refractivity contribution >= 4 is 11.9 Å². The van der Waals surface area contributed by atoms with Crippen LogP contribution in [0.1, 0.15) is 71.1 Å². The van der Waals surface area contributed by atoms with E-state index in [1.165, 1.54) is 32.1 Å². The molecule has 1 aliphatic rings. The lowest BCUT2D eigenvalue weighted by atomic mass is 9.99. The molecule has 0 aromatic heterocycles. The lowest BCUT2D eigenvalue weighted by Gasteiger charge is -2.03. The molecular weight excluding hydrogens is 240 g/mol. The van der Waals surface area contributed by atoms with Gasteiger partial charge in [-0.3, -0.25) is 9.59 Å². The fraction of sp³-hybridized carbons (Fsp3) is 0.750. The predicted octanol–water partition coefficient (Wildman–Crippen LogP) is 4.16. The minimum atomic E-state index is -0.354. The molecule has 0 bridgehead atoms. The van der Waals surface area contributed by atoms with E-state index >= 15 is 0 Å². The number of hydrogen-bond acceptors (Lipinski definition) is 3. The monoisotopic (exact) mass is 266 g/mol. The SMILES string of the molecule is CCCC/C=C/CCCCCCC1CC(=O)OC1=O. The topological polar surface area (TPSA) is 43.4 Å². The summed E-state index contributed by atoms with van der Waals surface area (Å²) in [6, 6.07) is 0. The summed E-state index contributed by atoms with van der Waals surface area (Å²) in [7, 11) is 0. The highest BCUT2D eigenvalue weighted by Gasteiger charge is 2.32. The molecule has 1 saturated heterocycles. The second kappa shape index (κ2) is 9.76. The van der Waals surface area contributed by atoms with Crippen molar-refractivity contribution < 1.29 is 14.3 Å². The van der Waals surface area contributed by atoms with Gasteiger partial charge in [0.2, 0.25) is 0 Å². The van der Waals surface area contributed by atoms with Crippen LogP contribution in [0.25, 0.3) is 0 Å². The van der Waals surface area contributed by atoms with Crippen LogP contribution in [0, 0.1) is 5.92 Å². The fourth-order valence-electron chi connectivity index (χ4n) is 2.31. The van der Waals surface area contributed by atoms with Crippen molar-refractivity contribution in [3.8, 4) is 0 Å². The summed E-state index contributed by atoms with van der Waals surface area (Å²) in [4.78, 5) is 22.1. The van der Waals surface area contributed by atoms with Crippen molar-refractivity contribution in [2.75, 3.05) is 0 Å². The first-order valence-electron chi connectivity index (χ1n) is 7.63. The second-order valence-electron chi connectivity index (χ2n) is 5.30. The van der Waals surface area contributed by atoms with Gasteiger partial charge >= 0.3 is 11.9 Å². The molecule has 1 rings (SSSR count). The molecule has 0 aromatic rings. The summed E-state index contributed by atoms with van der Waals surface area (Å²) in [5, 5.41) is 0. The van der Waals surface area contributed by atoms with Gasteiger partial charge in [0.1, 0.15) is 0 Å². The van der Waals surface area contributed by atoms with E-state index < -0.39 is 0 Å². The van der Waals surface area contributed by atoms with E-state index in [2.05, 4.69) is 23.8 Å². The molecule has 3 heteroatoms. The number of esters is 2. The van der Waals surface area contributed by atoms with Gasteiger partial charge in [-0.15, -0.1) is 0 Å². The van der Waals surface area contributed by atoms with Crippen molar-refractivity contribution in [3.63, 3.8) is 0 Å². The number of unbranched alkanes of at least 4 members (excludes halogenated alkanes) is 6. The Morgan fingerprint density at radius 1 is 1.05 bits per heavy atom. The zero-order valence-electron chi connectivity index (χ0n) is 12.0. The highest BCUT2D eigenvalue weighted by molar-refractivity contribution is 5.94.